The Morgan fingerprint density at radius 1 is 1.27 bits per heavy atom. The van der Waals surface area contributed by atoms with Crippen molar-refractivity contribution in [2.75, 3.05) is 24.2 Å². The van der Waals surface area contributed by atoms with Crippen LogP contribution in [0, 0.1) is 0 Å². The second-order valence-corrected chi connectivity index (χ2v) is 8.08. The Balaban J connectivity index is 1.69. The molecule has 0 saturated carbocycles. The van der Waals surface area contributed by atoms with E-state index in [0.717, 1.165) is 25.0 Å². The molecule has 0 amide bonds. The molecule has 1 fully saturated rings. The summed E-state index contributed by atoms with van der Waals surface area (Å²) in [4.78, 5) is 30.5. The fraction of sp³-hybridized carbons (Fsp3) is 0.381. The van der Waals surface area contributed by atoms with Crippen LogP contribution in [-0.4, -0.2) is 33.4 Å². The maximum atomic E-state index is 13.0. The van der Waals surface area contributed by atoms with Gasteiger partial charge in [-0.1, -0.05) is 30.3 Å². The fourth-order valence-corrected chi connectivity index (χ4v) is 4.34. The number of anilines is 2. The van der Waals surface area contributed by atoms with Crippen LogP contribution in [-0.2, 0) is 17.8 Å². The van der Waals surface area contributed by atoms with E-state index in [-0.39, 0.29) is 30.6 Å². The molecule has 0 aliphatic carbocycles. The molecular weight excluding hydrogens is 402 g/mol. The number of nitrogens with one attached hydrogen (secondary N) is 1. The summed E-state index contributed by atoms with van der Waals surface area (Å²) in [5.41, 5.74) is 7.17. The number of ether oxygens (including phenoxy) is 1. The van der Waals surface area contributed by atoms with Crippen molar-refractivity contribution >= 4 is 22.3 Å². The molecule has 0 bridgehead atoms. The van der Waals surface area contributed by atoms with Gasteiger partial charge in [0.05, 0.1) is 18.3 Å². The van der Waals surface area contributed by atoms with E-state index in [1.54, 1.807) is 12.3 Å². The normalized spacial score (nSPS) is 16.1. The highest BCUT2D eigenvalue weighted by atomic mass is 32.1. The first-order valence-corrected chi connectivity index (χ1v) is 10.9. The third-order valence-corrected chi connectivity index (χ3v) is 6.03. The molecule has 30 heavy (non-hydrogen) atoms. The van der Waals surface area contributed by atoms with Gasteiger partial charge in [0.25, 0.3) is 5.56 Å². The van der Waals surface area contributed by atoms with E-state index in [1.165, 1.54) is 20.5 Å². The van der Waals surface area contributed by atoms with E-state index >= 15 is 0 Å². The molecule has 0 unspecified atom stereocenters. The largest absolute Gasteiger partial charge is 0.384 e. The number of benzene rings is 1. The molecule has 8 nitrogen and oxygen atoms in total. The lowest BCUT2D eigenvalue weighted by molar-refractivity contribution is 0.120. The number of aromatic nitrogens is 3. The lowest BCUT2D eigenvalue weighted by Crippen LogP contribution is -2.41. The van der Waals surface area contributed by atoms with Gasteiger partial charge in [0.2, 0.25) is 0 Å². The highest BCUT2D eigenvalue weighted by Crippen LogP contribution is 2.26. The van der Waals surface area contributed by atoms with E-state index in [4.69, 9.17) is 10.5 Å². The maximum absolute atomic E-state index is 13.0. The Morgan fingerprint density at radius 3 is 2.77 bits per heavy atom. The van der Waals surface area contributed by atoms with Crippen LogP contribution >= 0.6 is 11.3 Å². The van der Waals surface area contributed by atoms with Crippen molar-refractivity contribution in [3.05, 3.63) is 62.1 Å². The summed E-state index contributed by atoms with van der Waals surface area (Å²) in [5.74, 6) is 0.134. The average Bonchev–Trinajstić information content (AvgIpc) is 3.43. The number of thiazole rings is 1. The summed E-state index contributed by atoms with van der Waals surface area (Å²) in [7, 11) is 0. The van der Waals surface area contributed by atoms with Gasteiger partial charge in [-0.15, -0.1) is 11.3 Å². The predicted octanol–water partition coefficient (Wildman–Crippen LogP) is 2.37. The van der Waals surface area contributed by atoms with Gasteiger partial charge in [0.15, 0.2) is 5.13 Å². The molecule has 3 N–H and O–H groups in total. The average molecular weight is 428 g/mol. The van der Waals surface area contributed by atoms with Crippen LogP contribution in [0.3, 0.4) is 0 Å². The number of nitrogen functional groups attached to an aromatic ring is 1. The zero-order chi connectivity index (χ0) is 21.1. The Labute approximate surface area is 178 Å². The summed E-state index contributed by atoms with van der Waals surface area (Å²) in [5, 5.41) is 5.77. The van der Waals surface area contributed by atoms with Crippen LogP contribution in [0.5, 0.6) is 0 Å². The molecule has 1 saturated heterocycles. The molecule has 1 aliphatic heterocycles. The molecule has 1 aliphatic rings. The van der Waals surface area contributed by atoms with Crippen molar-refractivity contribution in [3.8, 4) is 11.3 Å². The van der Waals surface area contributed by atoms with Gasteiger partial charge in [0.1, 0.15) is 11.4 Å². The molecule has 3 aromatic rings. The highest BCUT2D eigenvalue weighted by molar-refractivity contribution is 7.14. The van der Waals surface area contributed by atoms with Crippen LogP contribution in [0.1, 0.15) is 25.3 Å². The van der Waals surface area contributed by atoms with Crippen LogP contribution in [0.15, 0.2) is 45.3 Å². The van der Waals surface area contributed by atoms with Crippen molar-refractivity contribution < 1.29 is 4.74 Å². The minimum Gasteiger partial charge on any atom is -0.384 e. The summed E-state index contributed by atoms with van der Waals surface area (Å²) >= 11 is 1.40. The van der Waals surface area contributed by atoms with Crippen molar-refractivity contribution in [3.63, 3.8) is 0 Å². The van der Waals surface area contributed by atoms with Crippen LogP contribution in [0.2, 0.25) is 0 Å². The van der Waals surface area contributed by atoms with Gasteiger partial charge < -0.3 is 15.8 Å². The van der Waals surface area contributed by atoms with E-state index in [9.17, 15) is 9.59 Å². The summed E-state index contributed by atoms with van der Waals surface area (Å²) in [6, 6.07) is 9.56. The molecule has 1 aromatic carbocycles. The second-order valence-electron chi connectivity index (χ2n) is 7.22. The van der Waals surface area contributed by atoms with Crippen molar-refractivity contribution in [1.29, 1.82) is 0 Å². The zero-order valence-corrected chi connectivity index (χ0v) is 17.7. The smallest absolute Gasteiger partial charge is 0.332 e. The third-order valence-electron chi connectivity index (χ3n) is 5.23. The summed E-state index contributed by atoms with van der Waals surface area (Å²) in [6.45, 7) is 3.78. The Morgan fingerprint density at radius 2 is 2.07 bits per heavy atom. The maximum Gasteiger partial charge on any atom is 0.332 e. The third kappa shape index (κ3) is 4.03. The molecule has 3 heterocycles. The van der Waals surface area contributed by atoms with Gasteiger partial charge >= 0.3 is 5.69 Å². The Kier molecular flexibility index (Phi) is 6.01. The van der Waals surface area contributed by atoms with Gasteiger partial charge in [-0.05, 0) is 25.3 Å². The number of nitrogens with zero attached hydrogens (tertiary/aromatic N) is 3. The first kappa shape index (κ1) is 20.4. The molecular formula is C21H25N5O3S. The predicted molar refractivity (Wildman–Crippen MR) is 119 cm³/mol. The first-order chi connectivity index (χ1) is 14.6. The number of hydrogen-bond acceptors (Lipinski definition) is 7. The molecule has 0 spiro atoms. The van der Waals surface area contributed by atoms with Crippen LogP contribution in [0.25, 0.3) is 11.3 Å². The van der Waals surface area contributed by atoms with Crippen LogP contribution in [0.4, 0.5) is 10.9 Å². The monoisotopic (exact) mass is 427 g/mol. The topological polar surface area (TPSA) is 104 Å². The van der Waals surface area contributed by atoms with Gasteiger partial charge in [0, 0.05) is 25.1 Å². The fourth-order valence-electron chi connectivity index (χ4n) is 3.63. The standard InChI is InChI=1S/C21H25N5O3S/c1-2-25-19(27)17(16-13-30-20(24-16)23-11-15-9-6-10-29-15)18(22)26(21(25)28)12-14-7-4-3-5-8-14/h3-5,7-8,13,15H,2,6,9-12,22H2,1H3,(H,23,24)/t15-/m1/s1. The molecule has 9 heteroatoms. The molecule has 2 aromatic heterocycles. The molecule has 0 radical (unpaired) electrons. The lowest BCUT2D eigenvalue weighted by Gasteiger charge is -2.15. The van der Waals surface area contributed by atoms with Crippen molar-refractivity contribution in [2.24, 2.45) is 0 Å². The SMILES string of the molecule is CCn1c(=O)c(-c2csc(NC[C@H]3CCCO3)n2)c(N)n(Cc2ccccc2)c1=O. The first-order valence-electron chi connectivity index (χ1n) is 10.1. The molecule has 1 atom stereocenters. The lowest BCUT2D eigenvalue weighted by atomic mass is 10.2. The Hall–Kier alpha value is -2.91. The summed E-state index contributed by atoms with van der Waals surface area (Å²) in [6.07, 6.45) is 2.29. The van der Waals surface area contributed by atoms with Gasteiger partial charge in [-0.25, -0.2) is 9.78 Å². The minimum absolute atomic E-state index is 0.134. The van der Waals surface area contributed by atoms with Crippen LogP contribution < -0.4 is 22.3 Å². The Bertz CT molecular complexity index is 1130. The van der Waals surface area contributed by atoms with Crippen molar-refractivity contribution in [1.82, 2.24) is 14.1 Å². The molecule has 4 rings (SSSR count). The summed E-state index contributed by atoms with van der Waals surface area (Å²) < 4.78 is 8.26. The number of nitrogens with two attached hydrogens (primary N) is 1. The van der Waals surface area contributed by atoms with Gasteiger partial charge in [-0.3, -0.25) is 13.9 Å². The highest BCUT2D eigenvalue weighted by Gasteiger charge is 2.21. The van der Waals surface area contributed by atoms with Crippen molar-refractivity contribution in [2.45, 2.75) is 39.0 Å². The van der Waals surface area contributed by atoms with E-state index in [0.29, 0.717) is 17.4 Å². The number of rotatable bonds is 7. The van der Waals surface area contributed by atoms with E-state index in [1.807, 2.05) is 30.3 Å². The minimum atomic E-state index is -0.417. The quantitative estimate of drug-likeness (QED) is 0.600. The number of hydrogen-bond donors (Lipinski definition) is 2. The molecule has 158 valence electrons. The second kappa shape index (κ2) is 8.85. The van der Waals surface area contributed by atoms with E-state index in [2.05, 4.69) is 10.3 Å². The van der Waals surface area contributed by atoms with Gasteiger partial charge in [-0.2, -0.15) is 0 Å². The van der Waals surface area contributed by atoms with E-state index < -0.39 is 11.2 Å². The zero-order valence-electron chi connectivity index (χ0n) is 16.8.